The Kier molecular flexibility index (Phi) is 7.68. The lowest BCUT2D eigenvalue weighted by atomic mass is 9.98. The van der Waals surface area contributed by atoms with Crippen molar-refractivity contribution in [1.29, 1.82) is 5.26 Å². The number of nitriles is 1. The normalized spacial score (nSPS) is 12.3. The Morgan fingerprint density at radius 3 is 2.39 bits per heavy atom. The summed E-state index contributed by atoms with van der Waals surface area (Å²) in [5.41, 5.74) is 6.87. The molecule has 0 amide bonds. The van der Waals surface area contributed by atoms with Gasteiger partial charge in [0.05, 0.1) is 33.1 Å². The van der Waals surface area contributed by atoms with E-state index in [1.165, 1.54) is 3.97 Å². The SMILES string of the molecule is Cc1ccc(S(=O)(=O)n2ccc3c(Cc4nc5ccc(C#N)cc5n4COCC[Si](C)(C)C)c(C)cc(C)c32)cc1. The molecule has 41 heavy (non-hydrogen) atoms. The van der Waals surface area contributed by atoms with Crippen LogP contribution in [0.1, 0.15) is 33.6 Å². The maximum atomic E-state index is 13.7. The molecule has 3 aromatic carbocycles. The molecule has 0 saturated heterocycles. The number of ether oxygens (including phenoxy) is 1. The van der Waals surface area contributed by atoms with Gasteiger partial charge in [-0.05, 0) is 79.9 Å². The molecule has 0 radical (unpaired) electrons. The zero-order chi connectivity index (χ0) is 29.5. The third-order valence-corrected chi connectivity index (χ3v) is 10.9. The van der Waals surface area contributed by atoms with Gasteiger partial charge in [-0.3, -0.25) is 0 Å². The molecule has 0 N–H and O–H groups in total. The highest BCUT2D eigenvalue weighted by molar-refractivity contribution is 7.90. The van der Waals surface area contributed by atoms with E-state index >= 15 is 0 Å². The minimum atomic E-state index is -3.78. The van der Waals surface area contributed by atoms with Crippen LogP contribution in [0.2, 0.25) is 25.7 Å². The van der Waals surface area contributed by atoms with Crippen LogP contribution in [0.25, 0.3) is 21.9 Å². The van der Waals surface area contributed by atoms with E-state index in [4.69, 9.17) is 9.72 Å². The van der Waals surface area contributed by atoms with Crippen molar-refractivity contribution in [2.45, 2.75) is 64.5 Å². The van der Waals surface area contributed by atoms with Crippen molar-refractivity contribution in [3.05, 3.63) is 94.4 Å². The molecule has 0 aliphatic rings. The fourth-order valence-electron chi connectivity index (χ4n) is 5.21. The van der Waals surface area contributed by atoms with Gasteiger partial charge in [0, 0.05) is 32.7 Å². The predicted molar refractivity (Wildman–Crippen MR) is 167 cm³/mol. The average Bonchev–Trinajstić information content (AvgIpc) is 3.51. The Hall–Kier alpha value is -3.71. The minimum absolute atomic E-state index is 0.257. The van der Waals surface area contributed by atoms with Crippen LogP contribution >= 0.6 is 0 Å². The molecule has 5 aromatic rings. The molecule has 2 aromatic heterocycles. The summed E-state index contributed by atoms with van der Waals surface area (Å²) in [6.45, 7) is 13.9. The zero-order valence-corrected chi connectivity index (χ0v) is 26.3. The van der Waals surface area contributed by atoms with E-state index in [0.29, 0.717) is 30.8 Å². The van der Waals surface area contributed by atoms with Crippen LogP contribution < -0.4 is 0 Å². The lowest BCUT2D eigenvalue weighted by Crippen LogP contribution is -2.22. The molecule has 5 rings (SSSR count). The number of aromatic nitrogens is 3. The van der Waals surface area contributed by atoms with Gasteiger partial charge in [0.2, 0.25) is 0 Å². The first kappa shape index (κ1) is 28.8. The monoisotopic (exact) mass is 584 g/mol. The van der Waals surface area contributed by atoms with Crippen molar-refractivity contribution in [2.75, 3.05) is 6.61 Å². The molecule has 9 heteroatoms. The number of nitrogens with zero attached hydrogens (tertiary/aromatic N) is 4. The number of benzene rings is 3. The van der Waals surface area contributed by atoms with E-state index < -0.39 is 18.1 Å². The summed E-state index contributed by atoms with van der Waals surface area (Å²) in [6, 6.07) is 19.7. The third-order valence-electron chi connectivity index (χ3n) is 7.55. The highest BCUT2D eigenvalue weighted by Gasteiger charge is 2.23. The summed E-state index contributed by atoms with van der Waals surface area (Å²) in [6.07, 6.45) is 2.14. The smallest absolute Gasteiger partial charge is 0.268 e. The van der Waals surface area contributed by atoms with Crippen LogP contribution in [0.15, 0.2) is 65.7 Å². The van der Waals surface area contributed by atoms with Gasteiger partial charge in [-0.2, -0.15) is 5.26 Å². The molecule has 0 aliphatic carbocycles. The van der Waals surface area contributed by atoms with Crippen LogP contribution in [0.5, 0.6) is 0 Å². The highest BCUT2D eigenvalue weighted by atomic mass is 32.2. The first-order valence-corrected chi connectivity index (χ1v) is 18.9. The minimum Gasteiger partial charge on any atom is -0.361 e. The quantitative estimate of drug-likeness (QED) is 0.138. The molecule has 0 spiro atoms. The lowest BCUT2D eigenvalue weighted by molar-refractivity contribution is 0.0881. The number of rotatable bonds is 9. The number of hydrogen-bond donors (Lipinski definition) is 0. The van der Waals surface area contributed by atoms with Gasteiger partial charge in [0.25, 0.3) is 10.0 Å². The molecule has 0 atom stereocenters. The Morgan fingerprint density at radius 1 is 0.976 bits per heavy atom. The van der Waals surface area contributed by atoms with Crippen LogP contribution in [0, 0.1) is 32.1 Å². The molecule has 0 unspecified atom stereocenters. The zero-order valence-electron chi connectivity index (χ0n) is 24.5. The van der Waals surface area contributed by atoms with E-state index in [9.17, 15) is 13.7 Å². The second-order valence-corrected chi connectivity index (χ2v) is 19.4. The highest BCUT2D eigenvalue weighted by Crippen LogP contribution is 2.32. The average molecular weight is 585 g/mol. The van der Waals surface area contributed by atoms with Crippen molar-refractivity contribution in [3.63, 3.8) is 0 Å². The summed E-state index contributed by atoms with van der Waals surface area (Å²) < 4.78 is 37.0. The standard InChI is InChI=1S/C32H36N4O3SSi/c1-22-7-10-26(11-8-22)40(37,38)36-14-13-27-28(23(2)17-24(3)32(27)36)19-31-34-29-12-9-25(20-33)18-30(29)35(31)21-39-15-16-41(4,5)6/h7-14,17-18H,15-16,19,21H2,1-6H3. The van der Waals surface area contributed by atoms with Crippen LogP contribution in [0.3, 0.4) is 0 Å². The van der Waals surface area contributed by atoms with Crippen molar-refractivity contribution in [3.8, 4) is 6.07 Å². The maximum Gasteiger partial charge on any atom is 0.268 e. The van der Waals surface area contributed by atoms with E-state index in [1.807, 2.05) is 54.8 Å². The van der Waals surface area contributed by atoms with Crippen molar-refractivity contribution in [2.24, 2.45) is 0 Å². The van der Waals surface area contributed by atoms with Gasteiger partial charge in [-0.25, -0.2) is 17.4 Å². The lowest BCUT2D eigenvalue weighted by Gasteiger charge is -2.17. The van der Waals surface area contributed by atoms with E-state index in [1.54, 1.807) is 24.4 Å². The summed E-state index contributed by atoms with van der Waals surface area (Å²) >= 11 is 0. The van der Waals surface area contributed by atoms with Gasteiger partial charge in [0.1, 0.15) is 12.6 Å². The fraction of sp³-hybridized carbons (Fsp3) is 0.312. The molecular formula is C32H36N4O3SSi. The van der Waals surface area contributed by atoms with Gasteiger partial charge in [-0.1, -0.05) is 43.4 Å². The molecule has 7 nitrogen and oxygen atoms in total. The van der Waals surface area contributed by atoms with Crippen LogP contribution in [-0.4, -0.2) is 36.6 Å². The van der Waals surface area contributed by atoms with Gasteiger partial charge < -0.3 is 9.30 Å². The van der Waals surface area contributed by atoms with Gasteiger partial charge >= 0.3 is 0 Å². The Labute approximate surface area is 243 Å². The maximum absolute atomic E-state index is 13.7. The molecule has 2 heterocycles. The van der Waals surface area contributed by atoms with E-state index in [0.717, 1.165) is 50.5 Å². The first-order chi connectivity index (χ1) is 19.4. The Morgan fingerprint density at radius 2 is 1.71 bits per heavy atom. The molecular weight excluding hydrogens is 549 g/mol. The van der Waals surface area contributed by atoms with E-state index in [-0.39, 0.29) is 4.90 Å². The number of aryl methyl sites for hydroxylation is 3. The topological polar surface area (TPSA) is 89.9 Å². The molecule has 0 fully saturated rings. The Bertz CT molecular complexity index is 1910. The number of hydrogen-bond acceptors (Lipinski definition) is 5. The molecule has 0 aliphatic heterocycles. The Balaban J connectivity index is 1.59. The number of imidazole rings is 1. The van der Waals surface area contributed by atoms with Crippen LogP contribution in [0.4, 0.5) is 0 Å². The summed E-state index contributed by atoms with van der Waals surface area (Å²) in [4.78, 5) is 5.21. The summed E-state index contributed by atoms with van der Waals surface area (Å²) in [7, 11) is -5.03. The molecule has 0 bridgehead atoms. The summed E-state index contributed by atoms with van der Waals surface area (Å²) in [5.74, 6) is 0.811. The second kappa shape index (κ2) is 10.9. The summed E-state index contributed by atoms with van der Waals surface area (Å²) in [5, 5.41) is 10.4. The van der Waals surface area contributed by atoms with Crippen molar-refractivity contribution < 1.29 is 13.2 Å². The van der Waals surface area contributed by atoms with Gasteiger partial charge in [0.15, 0.2) is 0 Å². The second-order valence-electron chi connectivity index (χ2n) is 12.0. The largest absolute Gasteiger partial charge is 0.361 e. The number of fused-ring (bicyclic) bond motifs is 2. The van der Waals surface area contributed by atoms with Crippen molar-refractivity contribution >= 4 is 40.0 Å². The first-order valence-electron chi connectivity index (χ1n) is 13.8. The third kappa shape index (κ3) is 5.73. The van der Waals surface area contributed by atoms with Crippen molar-refractivity contribution in [1.82, 2.24) is 13.5 Å². The fourth-order valence-corrected chi connectivity index (χ4v) is 7.38. The molecule has 0 saturated carbocycles. The van der Waals surface area contributed by atoms with Crippen LogP contribution in [-0.2, 0) is 27.9 Å². The predicted octanol–water partition coefficient (Wildman–Crippen LogP) is 6.93. The van der Waals surface area contributed by atoms with E-state index in [2.05, 4.69) is 32.6 Å². The molecule has 212 valence electrons. The van der Waals surface area contributed by atoms with Gasteiger partial charge in [-0.15, -0.1) is 0 Å².